The van der Waals surface area contributed by atoms with Gasteiger partial charge in [0.15, 0.2) is 0 Å². The molecule has 1 aliphatic rings. The first kappa shape index (κ1) is 9.45. The molecular weight excluding hydrogens is 200 g/mol. The Morgan fingerprint density at radius 1 is 1.43 bits per heavy atom. The van der Waals surface area contributed by atoms with E-state index in [-0.39, 0.29) is 17.3 Å². The maximum atomic E-state index is 11.6. The second-order valence-corrected chi connectivity index (χ2v) is 4.24. The highest BCUT2D eigenvalue weighted by molar-refractivity contribution is 7.07. The highest BCUT2D eigenvalue weighted by Gasteiger charge is 2.18. The Hall–Kier alpha value is -1.10. The Morgan fingerprint density at radius 2 is 2.14 bits per heavy atom. The van der Waals surface area contributed by atoms with Crippen molar-refractivity contribution in [1.29, 1.82) is 0 Å². The predicted molar refractivity (Wildman–Crippen MR) is 54.4 cm³/mol. The van der Waals surface area contributed by atoms with Crippen molar-refractivity contribution in [2.45, 2.75) is 19.4 Å². The molecule has 2 heterocycles. The molecule has 0 radical (unpaired) electrons. The lowest BCUT2D eigenvalue weighted by Crippen LogP contribution is -2.32. The topological polar surface area (TPSA) is 42.3 Å². The molecule has 5 heteroatoms. The van der Waals surface area contributed by atoms with E-state index in [1.54, 1.807) is 11.6 Å². The molecule has 0 atom stereocenters. The van der Waals surface area contributed by atoms with Crippen LogP contribution in [0.25, 0.3) is 0 Å². The quantitative estimate of drug-likeness (QED) is 0.717. The zero-order chi connectivity index (χ0) is 9.97. The molecule has 1 aromatic heterocycles. The average Bonchev–Trinajstić information content (AvgIpc) is 2.77. The first-order valence-corrected chi connectivity index (χ1v) is 5.57. The molecular formula is C9H12N2O2S. The van der Waals surface area contributed by atoms with Crippen molar-refractivity contribution in [3.05, 3.63) is 21.2 Å². The van der Waals surface area contributed by atoms with Crippen LogP contribution in [0.15, 0.2) is 16.4 Å². The maximum absolute atomic E-state index is 11.6. The summed E-state index contributed by atoms with van der Waals surface area (Å²) in [5.74, 6) is 0.0583. The standard InChI is InChI=1S/C9H12N2O2S/c12-8(10-3-1-2-4-10)7-11-5-6-14-9(11)13/h5-6H,1-4,7H2. The maximum Gasteiger partial charge on any atom is 0.307 e. The molecule has 1 fully saturated rings. The zero-order valence-corrected chi connectivity index (χ0v) is 8.63. The summed E-state index contributed by atoms with van der Waals surface area (Å²) in [6.07, 6.45) is 3.84. The fourth-order valence-corrected chi connectivity index (χ4v) is 2.21. The van der Waals surface area contributed by atoms with Crippen LogP contribution in [-0.4, -0.2) is 28.5 Å². The van der Waals surface area contributed by atoms with Gasteiger partial charge in [0.1, 0.15) is 6.54 Å². The van der Waals surface area contributed by atoms with E-state index in [0.29, 0.717) is 0 Å². The number of amides is 1. The summed E-state index contributed by atoms with van der Waals surface area (Å²) in [5.41, 5.74) is 0. The number of rotatable bonds is 2. The van der Waals surface area contributed by atoms with Crippen LogP contribution < -0.4 is 4.87 Å². The predicted octanol–water partition coefficient (Wildman–Crippen LogP) is 0.532. The lowest BCUT2D eigenvalue weighted by atomic mass is 10.4. The van der Waals surface area contributed by atoms with Crippen molar-refractivity contribution < 1.29 is 4.79 Å². The van der Waals surface area contributed by atoms with Crippen LogP contribution in [-0.2, 0) is 11.3 Å². The van der Waals surface area contributed by atoms with E-state index in [1.807, 2.05) is 4.90 Å². The van der Waals surface area contributed by atoms with E-state index in [1.165, 1.54) is 4.57 Å². The fraction of sp³-hybridized carbons (Fsp3) is 0.556. The van der Waals surface area contributed by atoms with Gasteiger partial charge in [-0.2, -0.15) is 0 Å². The molecule has 14 heavy (non-hydrogen) atoms. The molecule has 1 aromatic rings. The summed E-state index contributed by atoms with van der Waals surface area (Å²) in [6.45, 7) is 1.89. The molecule has 0 aromatic carbocycles. The molecule has 0 N–H and O–H groups in total. The molecule has 2 rings (SSSR count). The minimum absolute atomic E-state index is 0.0578. The second kappa shape index (κ2) is 3.96. The molecule has 0 bridgehead atoms. The number of aromatic nitrogens is 1. The molecule has 4 nitrogen and oxygen atoms in total. The van der Waals surface area contributed by atoms with E-state index in [0.717, 1.165) is 37.3 Å². The van der Waals surface area contributed by atoms with Crippen LogP contribution in [0, 0.1) is 0 Å². The highest BCUT2D eigenvalue weighted by Crippen LogP contribution is 2.07. The Bertz CT molecular complexity index is 376. The molecule has 0 aliphatic carbocycles. The SMILES string of the molecule is O=C(Cn1ccsc1=O)N1CCCC1. The van der Waals surface area contributed by atoms with E-state index < -0.39 is 0 Å². The third-order valence-electron chi connectivity index (χ3n) is 2.41. The van der Waals surface area contributed by atoms with E-state index in [9.17, 15) is 9.59 Å². The van der Waals surface area contributed by atoms with Gasteiger partial charge in [-0.15, -0.1) is 0 Å². The van der Waals surface area contributed by atoms with Gasteiger partial charge in [-0.25, -0.2) is 0 Å². The van der Waals surface area contributed by atoms with Crippen molar-refractivity contribution in [3.8, 4) is 0 Å². The smallest absolute Gasteiger partial charge is 0.307 e. The van der Waals surface area contributed by atoms with Crippen LogP contribution in [0.1, 0.15) is 12.8 Å². The molecule has 1 saturated heterocycles. The summed E-state index contributed by atoms with van der Waals surface area (Å²) in [6, 6.07) is 0. The van der Waals surface area contributed by atoms with Crippen molar-refractivity contribution in [2.24, 2.45) is 0 Å². The fourth-order valence-electron chi connectivity index (χ4n) is 1.62. The minimum Gasteiger partial charge on any atom is -0.341 e. The van der Waals surface area contributed by atoms with Gasteiger partial charge in [-0.05, 0) is 12.8 Å². The van der Waals surface area contributed by atoms with E-state index in [2.05, 4.69) is 0 Å². The van der Waals surface area contributed by atoms with Gasteiger partial charge in [-0.1, -0.05) is 11.3 Å². The van der Waals surface area contributed by atoms with Crippen LogP contribution in [0.4, 0.5) is 0 Å². The zero-order valence-electron chi connectivity index (χ0n) is 7.81. The second-order valence-electron chi connectivity index (χ2n) is 3.38. The Balaban J connectivity index is 2.01. The third kappa shape index (κ3) is 1.87. The number of hydrogen-bond donors (Lipinski definition) is 0. The summed E-state index contributed by atoms with van der Waals surface area (Å²) < 4.78 is 1.46. The minimum atomic E-state index is -0.0578. The molecule has 1 aliphatic heterocycles. The van der Waals surface area contributed by atoms with Gasteiger partial charge in [0, 0.05) is 24.7 Å². The van der Waals surface area contributed by atoms with Gasteiger partial charge >= 0.3 is 4.87 Å². The van der Waals surface area contributed by atoms with Crippen LogP contribution in [0.2, 0.25) is 0 Å². The lowest BCUT2D eigenvalue weighted by Gasteiger charge is -2.14. The van der Waals surface area contributed by atoms with Crippen molar-refractivity contribution in [2.75, 3.05) is 13.1 Å². The van der Waals surface area contributed by atoms with E-state index in [4.69, 9.17) is 0 Å². The normalized spacial score (nSPS) is 16.1. The Morgan fingerprint density at radius 3 is 2.71 bits per heavy atom. The number of hydrogen-bond acceptors (Lipinski definition) is 3. The van der Waals surface area contributed by atoms with Gasteiger partial charge < -0.3 is 4.90 Å². The number of likely N-dealkylation sites (tertiary alicyclic amines) is 1. The van der Waals surface area contributed by atoms with E-state index >= 15 is 0 Å². The number of thiazole rings is 1. The third-order valence-corrected chi connectivity index (χ3v) is 3.10. The largest absolute Gasteiger partial charge is 0.341 e. The van der Waals surface area contributed by atoms with Gasteiger partial charge in [0.2, 0.25) is 5.91 Å². The molecule has 0 spiro atoms. The monoisotopic (exact) mass is 212 g/mol. The summed E-state index contributed by atoms with van der Waals surface area (Å²) in [4.78, 5) is 24.6. The van der Waals surface area contributed by atoms with Crippen LogP contribution in [0.5, 0.6) is 0 Å². The Labute approximate surface area is 85.8 Å². The van der Waals surface area contributed by atoms with Gasteiger partial charge in [0.05, 0.1) is 0 Å². The highest BCUT2D eigenvalue weighted by atomic mass is 32.1. The number of carbonyl (C=O) groups excluding carboxylic acids is 1. The van der Waals surface area contributed by atoms with Crippen LogP contribution in [0.3, 0.4) is 0 Å². The van der Waals surface area contributed by atoms with Crippen molar-refractivity contribution in [3.63, 3.8) is 0 Å². The van der Waals surface area contributed by atoms with Crippen LogP contribution >= 0.6 is 11.3 Å². The van der Waals surface area contributed by atoms with Gasteiger partial charge in [-0.3, -0.25) is 14.2 Å². The summed E-state index contributed by atoms with van der Waals surface area (Å²) in [5, 5.41) is 1.71. The Kier molecular flexibility index (Phi) is 2.67. The number of carbonyl (C=O) groups is 1. The molecule has 0 unspecified atom stereocenters. The summed E-state index contributed by atoms with van der Waals surface area (Å²) >= 11 is 1.13. The number of nitrogens with zero attached hydrogens (tertiary/aromatic N) is 2. The first-order valence-electron chi connectivity index (χ1n) is 4.69. The molecule has 1 amide bonds. The lowest BCUT2D eigenvalue weighted by molar-refractivity contribution is -0.130. The average molecular weight is 212 g/mol. The molecule has 0 saturated carbocycles. The van der Waals surface area contributed by atoms with Crippen molar-refractivity contribution >= 4 is 17.2 Å². The van der Waals surface area contributed by atoms with Crippen molar-refractivity contribution in [1.82, 2.24) is 9.47 Å². The summed E-state index contributed by atoms with van der Waals surface area (Å²) in [7, 11) is 0. The molecule has 76 valence electrons. The van der Waals surface area contributed by atoms with Gasteiger partial charge in [0.25, 0.3) is 0 Å². The first-order chi connectivity index (χ1) is 6.77.